The van der Waals surface area contributed by atoms with Gasteiger partial charge in [0.15, 0.2) is 0 Å². The van der Waals surface area contributed by atoms with E-state index in [-0.39, 0.29) is 0 Å². The standard InChI is InChI=1S/C52H36N2/c1-5-13-49-45(9-1)46-10-2-6-14-50(46)53(49)43-33-25-39(26-34-43)19-17-37-21-29-41(30-22-37)42-31-23-38(24-32-42)18-20-40-27-35-44(36-28-40)54-51-15-7-3-11-47(51)48-12-4-8-16-52(48)54/h1-36H/b19-17+,20-18+. The van der Waals surface area contributed by atoms with Crippen LogP contribution in [-0.4, -0.2) is 9.13 Å². The van der Waals surface area contributed by atoms with Crippen LogP contribution in [0.2, 0.25) is 0 Å². The third kappa shape index (κ3) is 5.71. The molecule has 2 aromatic heterocycles. The molecular formula is C52H36N2. The van der Waals surface area contributed by atoms with Crippen molar-refractivity contribution in [3.05, 3.63) is 216 Å². The molecule has 2 heteroatoms. The Morgan fingerprint density at radius 2 is 0.481 bits per heavy atom. The lowest BCUT2D eigenvalue weighted by Crippen LogP contribution is -1.93. The van der Waals surface area contributed by atoms with Crippen LogP contribution in [0, 0.1) is 0 Å². The molecule has 0 N–H and O–H groups in total. The molecule has 0 atom stereocenters. The quantitative estimate of drug-likeness (QED) is 0.148. The fourth-order valence-corrected chi connectivity index (χ4v) is 7.83. The largest absolute Gasteiger partial charge is 0.309 e. The third-order valence-corrected chi connectivity index (χ3v) is 10.6. The maximum atomic E-state index is 2.35. The first-order valence-corrected chi connectivity index (χ1v) is 18.5. The van der Waals surface area contributed by atoms with Crippen LogP contribution >= 0.6 is 0 Å². The highest BCUT2D eigenvalue weighted by Gasteiger charge is 2.12. The molecule has 0 aliphatic carbocycles. The van der Waals surface area contributed by atoms with Gasteiger partial charge in [0, 0.05) is 32.9 Å². The smallest absolute Gasteiger partial charge is 0.0541 e. The van der Waals surface area contributed by atoms with Gasteiger partial charge in [0.1, 0.15) is 0 Å². The molecule has 0 spiro atoms. The molecule has 10 rings (SSSR count). The zero-order chi connectivity index (χ0) is 35.8. The number of rotatable bonds is 7. The zero-order valence-corrected chi connectivity index (χ0v) is 29.7. The summed E-state index contributed by atoms with van der Waals surface area (Å²) in [5, 5.41) is 5.12. The number of benzene rings is 8. The summed E-state index contributed by atoms with van der Waals surface area (Å²) >= 11 is 0. The van der Waals surface area contributed by atoms with Crippen LogP contribution in [0.3, 0.4) is 0 Å². The summed E-state index contributed by atoms with van der Waals surface area (Å²) in [5.41, 5.74) is 14.4. The van der Waals surface area contributed by atoms with Crippen molar-refractivity contribution in [2.24, 2.45) is 0 Å². The topological polar surface area (TPSA) is 9.86 Å². The first kappa shape index (κ1) is 31.6. The Labute approximate surface area is 314 Å². The van der Waals surface area contributed by atoms with E-state index in [1.54, 1.807) is 0 Å². The number of hydrogen-bond donors (Lipinski definition) is 0. The Kier molecular flexibility index (Phi) is 7.85. The number of aromatic nitrogens is 2. The van der Waals surface area contributed by atoms with Gasteiger partial charge in [-0.25, -0.2) is 0 Å². The minimum Gasteiger partial charge on any atom is -0.309 e. The van der Waals surface area contributed by atoms with Gasteiger partial charge in [-0.15, -0.1) is 0 Å². The molecule has 54 heavy (non-hydrogen) atoms. The van der Waals surface area contributed by atoms with E-state index < -0.39 is 0 Å². The highest BCUT2D eigenvalue weighted by Crippen LogP contribution is 2.33. The van der Waals surface area contributed by atoms with Crippen LogP contribution in [0.15, 0.2) is 194 Å². The lowest BCUT2D eigenvalue weighted by Gasteiger charge is -2.08. The lowest BCUT2D eigenvalue weighted by molar-refractivity contribution is 1.18. The minimum absolute atomic E-state index is 1.17. The molecule has 2 heterocycles. The highest BCUT2D eigenvalue weighted by molar-refractivity contribution is 6.10. The summed E-state index contributed by atoms with van der Waals surface area (Å²) in [5.74, 6) is 0. The van der Waals surface area contributed by atoms with Gasteiger partial charge in [0.05, 0.1) is 22.1 Å². The monoisotopic (exact) mass is 688 g/mol. The van der Waals surface area contributed by atoms with Gasteiger partial charge in [-0.2, -0.15) is 0 Å². The third-order valence-electron chi connectivity index (χ3n) is 10.6. The summed E-state index contributed by atoms with van der Waals surface area (Å²) < 4.78 is 4.71. The predicted molar refractivity (Wildman–Crippen MR) is 231 cm³/mol. The van der Waals surface area contributed by atoms with Crippen molar-refractivity contribution in [2.75, 3.05) is 0 Å². The summed E-state index contributed by atoms with van der Waals surface area (Å²) in [6.45, 7) is 0. The fourth-order valence-electron chi connectivity index (χ4n) is 7.83. The van der Waals surface area contributed by atoms with Crippen molar-refractivity contribution < 1.29 is 0 Å². The van der Waals surface area contributed by atoms with Gasteiger partial charge in [0.25, 0.3) is 0 Å². The molecule has 0 amide bonds. The van der Waals surface area contributed by atoms with Crippen molar-refractivity contribution in [1.82, 2.24) is 9.13 Å². The highest BCUT2D eigenvalue weighted by atomic mass is 15.0. The average Bonchev–Trinajstić information content (AvgIpc) is 3.76. The van der Waals surface area contributed by atoms with E-state index in [9.17, 15) is 0 Å². The summed E-state index contributed by atoms with van der Waals surface area (Å²) in [7, 11) is 0. The van der Waals surface area contributed by atoms with Gasteiger partial charge in [-0.05, 0) is 81.9 Å². The molecular weight excluding hydrogens is 653 g/mol. The molecule has 2 nitrogen and oxygen atoms in total. The van der Waals surface area contributed by atoms with Crippen molar-refractivity contribution in [1.29, 1.82) is 0 Å². The number of nitrogens with zero attached hydrogens (tertiary/aromatic N) is 2. The SMILES string of the molecule is C(=C\c1ccc(-n2c3ccccc3c3ccccc32)cc1)/c1ccc(-c2ccc(/C=C/c3ccc(-n4c5ccccc5c5ccccc54)cc3)cc2)cc1. The number of hydrogen-bond acceptors (Lipinski definition) is 0. The average molecular weight is 689 g/mol. The van der Waals surface area contributed by atoms with Crippen LogP contribution in [0.5, 0.6) is 0 Å². The second-order valence-corrected chi connectivity index (χ2v) is 13.8. The fraction of sp³-hybridized carbons (Fsp3) is 0. The van der Waals surface area contributed by atoms with Crippen molar-refractivity contribution in [3.8, 4) is 22.5 Å². The van der Waals surface area contributed by atoms with Crippen molar-refractivity contribution in [3.63, 3.8) is 0 Å². The van der Waals surface area contributed by atoms with Gasteiger partial charge in [-0.3, -0.25) is 0 Å². The second-order valence-electron chi connectivity index (χ2n) is 13.8. The van der Waals surface area contributed by atoms with Crippen molar-refractivity contribution in [2.45, 2.75) is 0 Å². The minimum atomic E-state index is 1.17. The first-order chi connectivity index (χ1) is 26.8. The number of para-hydroxylation sites is 4. The molecule has 0 unspecified atom stereocenters. The van der Waals surface area contributed by atoms with E-state index in [0.717, 1.165) is 0 Å². The molecule has 0 saturated carbocycles. The van der Waals surface area contributed by atoms with Gasteiger partial charge in [0.2, 0.25) is 0 Å². The normalized spacial score (nSPS) is 11.9. The molecule has 0 aliphatic heterocycles. The molecule has 0 radical (unpaired) electrons. The molecule has 0 aliphatic rings. The zero-order valence-electron chi connectivity index (χ0n) is 29.7. The summed E-state index contributed by atoms with van der Waals surface area (Å²) in [6, 6.07) is 69.7. The molecule has 0 saturated heterocycles. The van der Waals surface area contributed by atoms with Gasteiger partial charge in [-0.1, -0.05) is 170 Å². The van der Waals surface area contributed by atoms with Gasteiger partial charge < -0.3 is 9.13 Å². The first-order valence-electron chi connectivity index (χ1n) is 18.5. The van der Waals surface area contributed by atoms with E-state index in [2.05, 4.69) is 228 Å². The van der Waals surface area contributed by atoms with Crippen LogP contribution in [0.4, 0.5) is 0 Å². The Balaban J connectivity index is 0.809. The molecule has 0 bridgehead atoms. The van der Waals surface area contributed by atoms with Crippen LogP contribution in [0.1, 0.15) is 22.3 Å². The Bertz CT molecular complexity index is 2670. The molecule has 254 valence electrons. The van der Waals surface area contributed by atoms with E-state index >= 15 is 0 Å². The Morgan fingerprint density at radius 1 is 0.241 bits per heavy atom. The van der Waals surface area contributed by atoms with E-state index in [1.807, 2.05) is 0 Å². The molecule has 0 fully saturated rings. The van der Waals surface area contributed by atoms with Crippen molar-refractivity contribution >= 4 is 67.9 Å². The van der Waals surface area contributed by atoms with E-state index in [1.165, 1.54) is 88.4 Å². The van der Waals surface area contributed by atoms with E-state index in [4.69, 9.17) is 0 Å². The van der Waals surface area contributed by atoms with Crippen LogP contribution in [-0.2, 0) is 0 Å². The summed E-state index contributed by atoms with van der Waals surface area (Å²) in [4.78, 5) is 0. The Morgan fingerprint density at radius 3 is 0.759 bits per heavy atom. The molecule has 8 aromatic carbocycles. The number of fused-ring (bicyclic) bond motifs is 6. The molecule has 10 aromatic rings. The lowest BCUT2D eigenvalue weighted by atomic mass is 10.0. The van der Waals surface area contributed by atoms with Gasteiger partial charge >= 0.3 is 0 Å². The Hall–Kier alpha value is -7.16. The second kappa shape index (κ2) is 13.4. The predicted octanol–water partition coefficient (Wildman–Crippen LogP) is 13.9. The summed E-state index contributed by atoms with van der Waals surface area (Å²) in [6.07, 6.45) is 8.73. The van der Waals surface area contributed by atoms with E-state index in [0.29, 0.717) is 0 Å². The maximum absolute atomic E-state index is 2.35. The maximum Gasteiger partial charge on any atom is 0.0541 e. The van der Waals surface area contributed by atoms with Crippen LogP contribution in [0.25, 0.3) is 90.4 Å². The van der Waals surface area contributed by atoms with Crippen LogP contribution < -0.4 is 0 Å².